The number of hydrogen-bond acceptors (Lipinski definition) is 7. The maximum absolute atomic E-state index is 8.94. The molecule has 0 atom stereocenters. The lowest BCUT2D eigenvalue weighted by Crippen LogP contribution is -1.99. The molecule has 36 heavy (non-hydrogen) atoms. The van der Waals surface area contributed by atoms with Gasteiger partial charge in [0, 0.05) is 28.1 Å². The van der Waals surface area contributed by atoms with Crippen molar-refractivity contribution in [2.24, 2.45) is 5.10 Å². The first-order chi connectivity index (χ1) is 17.5. The van der Waals surface area contributed by atoms with Crippen LogP contribution in [0, 0.1) is 32.1 Å². The van der Waals surface area contributed by atoms with E-state index in [0.29, 0.717) is 30.2 Å². The fraction of sp³-hybridized carbons (Fsp3) is 0.179. The number of hydrogen-bond donors (Lipinski definition) is 1. The molecule has 0 aliphatic carbocycles. The van der Waals surface area contributed by atoms with Crippen molar-refractivity contribution >= 4 is 22.8 Å². The summed E-state index contributed by atoms with van der Waals surface area (Å²) in [4.78, 5) is 0. The SMILES string of the molecule is Cc1ccc(-c2nn(CCC#N)cc2C=NNc2nnc(-c3ccc(C)c(C)c3)c3ccccc23)o1. The van der Waals surface area contributed by atoms with E-state index in [0.717, 1.165) is 33.4 Å². The van der Waals surface area contributed by atoms with Gasteiger partial charge in [0.2, 0.25) is 0 Å². The maximum Gasteiger partial charge on any atom is 0.176 e. The largest absolute Gasteiger partial charge is 0.460 e. The number of aryl methyl sites for hydroxylation is 4. The van der Waals surface area contributed by atoms with Gasteiger partial charge in [-0.3, -0.25) is 10.1 Å². The number of anilines is 1. The Labute approximate surface area is 208 Å². The molecule has 2 aromatic carbocycles. The van der Waals surface area contributed by atoms with Crippen LogP contribution in [0.15, 0.2) is 70.3 Å². The zero-order valence-electron chi connectivity index (χ0n) is 20.4. The summed E-state index contributed by atoms with van der Waals surface area (Å²) >= 11 is 0. The van der Waals surface area contributed by atoms with Gasteiger partial charge >= 0.3 is 0 Å². The van der Waals surface area contributed by atoms with Crippen molar-refractivity contribution in [1.82, 2.24) is 20.0 Å². The third-order valence-corrected chi connectivity index (χ3v) is 6.06. The zero-order valence-corrected chi connectivity index (χ0v) is 20.4. The van der Waals surface area contributed by atoms with Crippen molar-refractivity contribution in [3.05, 3.63) is 83.2 Å². The molecule has 0 saturated heterocycles. The van der Waals surface area contributed by atoms with Gasteiger partial charge in [0.05, 0.1) is 25.2 Å². The Hall–Kier alpha value is -4.77. The number of fused-ring (bicyclic) bond motifs is 1. The molecule has 5 rings (SSSR count). The molecule has 0 aliphatic rings. The number of aromatic nitrogens is 4. The average Bonchev–Trinajstić information content (AvgIpc) is 3.50. The molecule has 0 radical (unpaired) electrons. The Morgan fingerprint density at radius 3 is 2.58 bits per heavy atom. The predicted molar refractivity (Wildman–Crippen MR) is 141 cm³/mol. The zero-order chi connectivity index (χ0) is 25.1. The second kappa shape index (κ2) is 9.84. The first-order valence-corrected chi connectivity index (χ1v) is 11.7. The van der Waals surface area contributed by atoms with E-state index in [1.807, 2.05) is 49.5 Å². The summed E-state index contributed by atoms with van der Waals surface area (Å²) in [6.45, 7) is 6.57. The summed E-state index contributed by atoms with van der Waals surface area (Å²) in [5.74, 6) is 2.00. The van der Waals surface area contributed by atoms with Gasteiger partial charge < -0.3 is 4.42 Å². The normalized spacial score (nSPS) is 11.3. The molecule has 8 nitrogen and oxygen atoms in total. The molecule has 3 aromatic heterocycles. The van der Waals surface area contributed by atoms with E-state index in [9.17, 15) is 0 Å². The minimum Gasteiger partial charge on any atom is -0.460 e. The Morgan fingerprint density at radius 2 is 1.83 bits per heavy atom. The van der Waals surface area contributed by atoms with Crippen molar-refractivity contribution in [3.63, 3.8) is 0 Å². The monoisotopic (exact) mass is 475 g/mol. The summed E-state index contributed by atoms with van der Waals surface area (Å²) in [5.41, 5.74) is 8.78. The number of hydrazone groups is 1. The molecule has 0 fully saturated rings. The highest BCUT2D eigenvalue weighted by molar-refractivity contribution is 6.00. The van der Waals surface area contributed by atoms with Gasteiger partial charge in [-0.05, 0) is 50.1 Å². The van der Waals surface area contributed by atoms with E-state index in [1.165, 1.54) is 11.1 Å². The first-order valence-electron chi connectivity index (χ1n) is 11.7. The Kier molecular flexibility index (Phi) is 6.29. The highest BCUT2D eigenvalue weighted by atomic mass is 16.3. The number of nitriles is 1. The molecule has 0 aliphatic heterocycles. The molecule has 8 heteroatoms. The summed E-state index contributed by atoms with van der Waals surface area (Å²) < 4.78 is 7.50. The Morgan fingerprint density at radius 1 is 1.00 bits per heavy atom. The van der Waals surface area contributed by atoms with Crippen LogP contribution in [0.1, 0.15) is 28.9 Å². The van der Waals surface area contributed by atoms with Gasteiger partial charge in [-0.1, -0.05) is 36.4 Å². The Balaban J connectivity index is 1.47. The molecule has 3 heterocycles. The summed E-state index contributed by atoms with van der Waals surface area (Å²) in [5, 5.41) is 28.9. The fourth-order valence-corrected chi connectivity index (χ4v) is 4.01. The van der Waals surface area contributed by atoms with Crippen molar-refractivity contribution in [3.8, 4) is 28.8 Å². The molecular formula is C28H25N7O. The summed E-state index contributed by atoms with van der Waals surface area (Å²) in [7, 11) is 0. The number of benzene rings is 2. The second-order valence-electron chi connectivity index (χ2n) is 8.63. The topological polar surface area (TPSA) is 105 Å². The summed E-state index contributed by atoms with van der Waals surface area (Å²) in [6.07, 6.45) is 3.89. The molecule has 0 amide bonds. The minimum atomic E-state index is 0.363. The van der Waals surface area contributed by atoms with Gasteiger partial charge in [0.15, 0.2) is 11.6 Å². The average molecular weight is 476 g/mol. The van der Waals surface area contributed by atoms with Gasteiger partial charge in [-0.15, -0.1) is 10.2 Å². The number of furan rings is 1. The van der Waals surface area contributed by atoms with E-state index >= 15 is 0 Å². The van der Waals surface area contributed by atoms with Crippen LogP contribution in [0.4, 0.5) is 5.82 Å². The standard InChI is InChI=1S/C28H25N7O/c1-18-9-11-21(15-19(18)2)26-23-7-4-5-8-24(23)28(33-31-26)32-30-16-22-17-35(14-6-13-29)34-27(22)25-12-10-20(3)36-25/h4-5,7-12,15-17H,6,14H2,1-3H3,(H,32,33). The highest BCUT2D eigenvalue weighted by Crippen LogP contribution is 2.31. The van der Waals surface area contributed by atoms with Crippen LogP contribution in [-0.2, 0) is 6.54 Å². The van der Waals surface area contributed by atoms with E-state index in [2.05, 4.69) is 63.9 Å². The van der Waals surface area contributed by atoms with Crippen LogP contribution >= 0.6 is 0 Å². The third-order valence-electron chi connectivity index (χ3n) is 6.06. The van der Waals surface area contributed by atoms with E-state index in [1.54, 1.807) is 10.9 Å². The molecular weight excluding hydrogens is 450 g/mol. The number of nitrogens with one attached hydrogen (secondary N) is 1. The van der Waals surface area contributed by atoms with Crippen LogP contribution in [0.5, 0.6) is 0 Å². The molecule has 1 N–H and O–H groups in total. The van der Waals surface area contributed by atoms with E-state index in [-0.39, 0.29) is 0 Å². The van der Waals surface area contributed by atoms with Crippen molar-refractivity contribution in [2.75, 3.05) is 5.43 Å². The molecule has 178 valence electrons. The van der Waals surface area contributed by atoms with Gasteiger partial charge in [-0.25, -0.2) is 0 Å². The van der Waals surface area contributed by atoms with Crippen LogP contribution in [0.25, 0.3) is 33.5 Å². The number of rotatable bonds is 7. The summed E-state index contributed by atoms with van der Waals surface area (Å²) in [6, 6.07) is 20.2. The third kappa shape index (κ3) is 4.59. The van der Waals surface area contributed by atoms with Gasteiger partial charge in [0.25, 0.3) is 0 Å². The fourth-order valence-electron chi connectivity index (χ4n) is 4.01. The van der Waals surface area contributed by atoms with Crippen LogP contribution < -0.4 is 5.43 Å². The van der Waals surface area contributed by atoms with Crippen molar-refractivity contribution < 1.29 is 4.42 Å². The molecule has 0 spiro atoms. The minimum absolute atomic E-state index is 0.363. The van der Waals surface area contributed by atoms with E-state index < -0.39 is 0 Å². The first kappa shape index (κ1) is 23.0. The van der Waals surface area contributed by atoms with Crippen LogP contribution in [0.3, 0.4) is 0 Å². The second-order valence-corrected chi connectivity index (χ2v) is 8.63. The highest BCUT2D eigenvalue weighted by Gasteiger charge is 2.14. The van der Waals surface area contributed by atoms with Crippen molar-refractivity contribution in [2.45, 2.75) is 33.7 Å². The lowest BCUT2D eigenvalue weighted by atomic mass is 10.0. The lowest BCUT2D eigenvalue weighted by molar-refractivity contribution is 0.542. The van der Waals surface area contributed by atoms with Crippen LogP contribution in [0.2, 0.25) is 0 Å². The molecule has 0 bridgehead atoms. The quantitative estimate of drug-likeness (QED) is 0.227. The van der Waals surface area contributed by atoms with Crippen molar-refractivity contribution in [1.29, 1.82) is 5.26 Å². The van der Waals surface area contributed by atoms with E-state index in [4.69, 9.17) is 9.68 Å². The maximum atomic E-state index is 8.94. The lowest BCUT2D eigenvalue weighted by Gasteiger charge is -2.10. The predicted octanol–water partition coefficient (Wildman–Crippen LogP) is 6.04. The Bertz CT molecular complexity index is 1620. The molecule has 0 saturated carbocycles. The smallest absolute Gasteiger partial charge is 0.176 e. The number of nitrogens with zero attached hydrogens (tertiary/aromatic N) is 6. The van der Waals surface area contributed by atoms with Crippen LogP contribution in [-0.4, -0.2) is 26.2 Å². The van der Waals surface area contributed by atoms with Gasteiger partial charge in [0.1, 0.15) is 17.1 Å². The molecule has 0 unspecified atom stereocenters. The molecule has 5 aromatic rings. The van der Waals surface area contributed by atoms with Gasteiger partial charge in [-0.2, -0.15) is 15.5 Å².